The zero-order valence-corrected chi connectivity index (χ0v) is 9.95. The number of oxazole rings is 1. The Balaban J connectivity index is 0.000000531. The van der Waals surface area contributed by atoms with Crippen molar-refractivity contribution in [3.8, 4) is 0 Å². The topological polar surface area (TPSA) is 26.0 Å². The summed E-state index contributed by atoms with van der Waals surface area (Å²) in [5.41, 5.74) is 3.16. The maximum absolute atomic E-state index is 5.18. The van der Waals surface area contributed by atoms with Crippen LogP contribution in [0.25, 0.3) is 11.1 Å². The number of aromatic nitrogens is 1. The van der Waals surface area contributed by atoms with Gasteiger partial charge in [0.25, 0.3) is 0 Å². The maximum Gasteiger partial charge on any atom is 0.181 e. The predicted molar refractivity (Wildman–Crippen MR) is 64.1 cm³/mol. The molecule has 0 fully saturated rings. The second-order valence-electron chi connectivity index (χ2n) is 3.39. The van der Waals surface area contributed by atoms with Crippen LogP contribution in [0, 0.1) is 0 Å². The third-order valence-electron chi connectivity index (χ3n) is 2.54. The maximum atomic E-state index is 5.18. The minimum Gasteiger partial charge on any atom is -0.443 e. The van der Waals surface area contributed by atoms with Gasteiger partial charge in [-0.15, -0.1) is 0 Å². The van der Waals surface area contributed by atoms with E-state index in [1.807, 2.05) is 19.9 Å². The lowest BCUT2D eigenvalue weighted by Crippen LogP contribution is -1.90. The van der Waals surface area contributed by atoms with Crippen molar-refractivity contribution in [2.24, 2.45) is 0 Å². The third-order valence-corrected chi connectivity index (χ3v) is 2.54. The smallest absolute Gasteiger partial charge is 0.181 e. The highest BCUT2D eigenvalue weighted by atomic mass is 16.3. The van der Waals surface area contributed by atoms with Gasteiger partial charge in [-0.05, 0) is 30.0 Å². The first-order valence-corrected chi connectivity index (χ1v) is 5.64. The largest absolute Gasteiger partial charge is 0.443 e. The molecule has 0 aliphatic heterocycles. The second kappa shape index (κ2) is 5.54. The van der Waals surface area contributed by atoms with E-state index in [1.54, 1.807) is 0 Å². The van der Waals surface area contributed by atoms with Gasteiger partial charge in [0, 0.05) is 0 Å². The lowest BCUT2D eigenvalue weighted by atomic mass is 9.98. The first kappa shape index (κ1) is 11.8. The van der Waals surface area contributed by atoms with Crippen molar-refractivity contribution in [1.82, 2.24) is 4.98 Å². The molecule has 0 aliphatic rings. The summed E-state index contributed by atoms with van der Waals surface area (Å²) in [5, 5.41) is 0. The Labute approximate surface area is 91.3 Å². The highest BCUT2D eigenvalue weighted by Gasteiger charge is 2.05. The Morgan fingerprint density at radius 2 is 2.07 bits per heavy atom. The normalized spacial score (nSPS) is 12.0. The van der Waals surface area contributed by atoms with Crippen LogP contribution >= 0.6 is 0 Å². The quantitative estimate of drug-likeness (QED) is 0.727. The molecule has 2 heteroatoms. The summed E-state index contributed by atoms with van der Waals surface area (Å²) in [6.07, 6.45) is 2.65. The van der Waals surface area contributed by atoms with Crippen LogP contribution in [0.3, 0.4) is 0 Å². The van der Waals surface area contributed by atoms with Gasteiger partial charge in [-0.3, -0.25) is 0 Å². The first-order valence-electron chi connectivity index (χ1n) is 5.64. The van der Waals surface area contributed by atoms with Crippen molar-refractivity contribution >= 4 is 11.1 Å². The van der Waals surface area contributed by atoms with Crippen LogP contribution < -0.4 is 0 Å². The summed E-state index contributed by atoms with van der Waals surface area (Å²) < 4.78 is 5.18. The van der Waals surface area contributed by atoms with Crippen LogP contribution in [0.15, 0.2) is 29.0 Å². The molecule has 2 aromatic rings. The van der Waals surface area contributed by atoms with Gasteiger partial charge in [0.1, 0.15) is 5.52 Å². The molecule has 0 N–H and O–H groups in total. The molecule has 2 rings (SSSR count). The van der Waals surface area contributed by atoms with E-state index in [-0.39, 0.29) is 0 Å². The average molecular weight is 205 g/mol. The molecule has 2 nitrogen and oxygen atoms in total. The Kier molecular flexibility index (Phi) is 4.35. The van der Waals surface area contributed by atoms with Gasteiger partial charge in [-0.1, -0.05) is 33.8 Å². The Morgan fingerprint density at radius 3 is 2.73 bits per heavy atom. The minimum absolute atomic E-state index is 0.598. The third kappa shape index (κ3) is 2.58. The van der Waals surface area contributed by atoms with Crippen molar-refractivity contribution in [2.45, 2.75) is 40.0 Å². The zero-order chi connectivity index (χ0) is 11.3. The van der Waals surface area contributed by atoms with Crippen LogP contribution in [0.4, 0.5) is 0 Å². The summed E-state index contributed by atoms with van der Waals surface area (Å²) in [6.45, 7) is 8.42. The van der Waals surface area contributed by atoms with E-state index in [9.17, 15) is 0 Å². The van der Waals surface area contributed by atoms with Gasteiger partial charge in [-0.2, -0.15) is 0 Å². The van der Waals surface area contributed by atoms with Gasteiger partial charge in [0.2, 0.25) is 0 Å². The number of fused-ring (bicyclic) bond motifs is 1. The van der Waals surface area contributed by atoms with Crippen LogP contribution in [0.5, 0.6) is 0 Å². The molecule has 0 bridgehead atoms. The van der Waals surface area contributed by atoms with E-state index in [4.69, 9.17) is 4.42 Å². The summed E-state index contributed by atoms with van der Waals surface area (Å²) in [7, 11) is 0. The van der Waals surface area contributed by atoms with Gasteiger partial charge < -0.3 is 4.42 Å². The Hall–Kier alpha value is -1.31. The second-order valence-corrected chi connectivity index (χ2v) is 3.39. The standard InChI is InChI=1S/C11H13NO.C2H6/c1-3-8(2)9-4-5-11-10(6-9)12-7-13-11;1-2/h4-8H,3H2,1-2H3;1-2H3. The van der Waals surface area contributed by atoms with Crippen LogP contribution in [-0.2, 0) is 0 Å². The average Bonchev–Trinajstić information content (AvgIpc) is 2.77. The molecule has 1 aromatic heterocycles. The first-order chi connectivity index (χ1) is 7.31. The summed E-state index contributed by atoms with van der Waals surface area (Å²) >= 11 is 0. The molecule has 82 valence electrons. The number of benzene rings is 1. The molecule has 1 heterocycles. The summed E-state index contributed by atoms with van der Waals surface area (Å²) in [6, 6.07) is 6.21. The van der Waals surface area contributed by atoms with Crippen LogP contribution in [0.1, 0.15) is 45.6 Å². The van der Waals surface area contributed by atoms with E-state index >= 15 is 0 Å². The molecule has 0 radical (unpaired) electrons. The number of hydrogen-bond donors (Lipinski definition) is 0. The monoisotopic (exact) mass is 205 g/mol. The predicted octanol–water partition coefficient (Wildman–Crippen LogP) is 4.37. The van der Waals surface area contributed by atoms with Crippen molar-refractivity contribution in [1.29, 1.82) is 0 Å². The Bertz CT molecular complexity index is 406. The lowest BCUT2D eigenvalue weighted by molar-refractivity contribution is 0.602. The SMILES string of the molecule is CC.CCC(C)c1ccc2ocnc2c1. The van der Waals surface area contributed by atoms with E-state index in [0.717, 1.165) is 17.5 Å². The van der Waals surface area contributed by atoms with Crippen molar-refractivity contribution in [2.75, 3.05) is 0 Å². The van der Waals surface area contributed by atoms with Crippen molar-refractivity contribution in [3.05, 3.63) is 30.2 Å². The molecule has 0 saturated heterocycles. The van der Waals surface area contributed by atoms with Crippen LogP contribution in [0.2, 0.25) is 0 Å². The van der Waals surface area contributed by atoms with Crippen molar-refractivity contribution in [3.63, 3.8) is 0 Å². The van der Waals surface area contributed by atoms with Crippen molar-refractivity contribution < 1.29 is 4.42 Å². The molecule has 15 heavy (non-hydrogen) atoms. The molecule has 1 unspecified atom stereocenters. The summed E-state index contributed by atoms with van der Waals surface area (Å²) in [5.74, 6) is 0.598. The molecular weight excluding hydrogens is 186 g/mol. The van der Waals surface area contributed by atoms with E-state index in [1.165, 1.54) is 12.0 Å². The van der Waals surface area contributed by atoms with E-state index in [0.29, 0.717) is 5.92 Å². The zero-order valence-electron chi connectivity index (χ0n) is 9.95. The van der Waals surface area contributed by atoms with Gasteiger partial charge in [0.05, 0.1) is 0 Å². The number of hydrogen-bond acceptors (Lipinski definition) is 2. The minimum atomic E-state index is 0.598. The fourth-order valence-corrected chi connectivity index (χ4v) is 1.42. The van der Waals surface area contributed by atoms with Gasteiger partial charge in [0.15, 0.2) is 12.0 Å². The highest BCUT2D eigenvalue weighted by molar-refractivity contribution is 5.72. The van der Waals surface area contributed by atoms with E-state index in [2.05, 4.69) is 31.0 Å². The molecule has 0 aliphatic carbocycles. The molecule has 0 spiro atoms. The fraction of sp³-hybridized carbons (Fsp3) is 0.462. The van der Waals surface area contributed by atoms with E-state index < -0.39 is 0 Å². The summed E-state index contributed by atoms with van der Waals surface area (Å²) in [4.78, 5) is 4.13. The van der Waals surface area contributed by atoms with Gasteiger partial charge in [-0.25, -0.2) is 4.98 Å². The molecular formula is C13H19NO. The lowest BCUT2D eigenvalue weighted by Gasteiger charge is -2.07. The Morgan fingerprint density at radius 1 is 1.33 bits per heavy atom. The molecule has 0 saturated carbocycles. The fourth-order valence-electron chi connectivity index (χ4n) is 1.42. The van der Waals surface area contributed by atoms with Crippen LogP contribution in [-0.4, -0.2) is 4.98 Å². The molecule has 0 amide bonds. The molecule has 1 aromatic carbocycles. The number of rotatable bonds is 2. The number of nitrogens with zero attached hydrogens (tertiary/aromatic N) is 1. The van der Waals surface area contributed by atoms with Gasteiger partial charge >= 0.3 is 0 Å². The highest BCUT2D eigenvalue weighted by Crippen LogP contribution is 2.22. The molecule has 1 atom stereocenters.